The van der Waals surface area contributed by atoms with E-state index in [2.05, 4.69) is 15.6 Å². The molecule has 2 N–H and O–H groups in total. The molecule has 0 aliphatic carbocycles. The molecule has 2 amide bonds. The van der Waals surface area contributed by atoms with Crippen LogP contribution in [0.15, 0.2) is 40.1 Å². The Hall–Kier alpha value is -2.35. The fraction of sp³-hybridized carbons (Fsp3) is 0.167. The Morgan fingerprint density at radius 2 is 1.93 bits per heavy atom. The average molecular weight is 424 g/mol. The van der Waals surface area contributed by atoms with E-state index in [1.165, 1.54) is 18.3 Å². The lowest BCUT2D eigenvalue weighted by atomic mass is 10.1. The number of anilines is 1. The van der Waals surface area contributed by atoms with Crippen molar-refractivity contribution in [1.29, 1.82) is 0 Å². The molecule has 0 unspecified atom stereocenters. The van der Waals surface area contributed by atoms with Crippen LogP contribution >= 0.6 is 34.5 Å². The fourth-order valence-electron chi connectivity index (χ4n) is 2.29. The Bertz CT molecular complexity index is 964. The minimum absolute atomic E-state index is 0.0506. The average Bonchev–Trinajstić information content (AvgIpc) is 3.25. The second-order valence-electron chi connectivity index (χ2n) is 5.64. The molecular weight excluding hydrogens is 409 g/mol. The minimum Gasteiger partial charge on any atom is -0.458 e. The highest BCUT2D eigenvalue weighted by atomic mass is 35.5. The summed E-state index contributed by atoms with van der Waals surface area (Å²) in [6.45, 7) is 1.75. The third kappa shape index (κ3) is 5.09. The summed E-state index contributed by atoms with van der Waals surface area (Å²) in [5.74, 6) is 0.773. The lowest BCUT2D eigenvalue weighted by molar-refractivity contribution is -0.119. The summed E-state index contributed by atoms with van der Waals surface area (Å²) in [6, 6.07) is 8.63. The molecule has 140 valence electrons. The van der Waals surface area contributed by atoms with Gasteiger partial charge in [-0.25, -0.2) is 4.98 Å². The zero-order chi connectivity index (χ0) is 19.4. The quantitative estimate of drug-likeness (QED) is 0.609. The van der Waals surface area contributed by atoms with Gasteiger partial charge in [0.2, 0.25) is 11.8 Å². The van der Waals surface area contributed by atoms with Gasteiger partial charge in [-0.3, -0.25) is 9.59 Å². The fourth-order valence-corrected chi connectivity index (χ4v) is 3.54. The van der Waals surface area contributed by atoms with Gasteiger partial charge in [0, 0.05) is 22.3 Å². The van der Waals surface area contributed by atoms with Crippen molar-refractivity contribution >= 4 is 51.5 Å². The molecule has 3 aromatic rings. The molecule has 0 saturated carbocycles. The van der Waals surface area contributed by atoms with Crippen molar-refractivity contribution < 1.29 is 14.0 Å². The van der Waals surface area contributed by atoms with E-state index < -0.39 is 0 Å². The number of thiazole rings is 1. The van der Waals surface area contributed by atoms with E-state index >= 15 is 0 Å². The highest BCUT2D eigenvalue weighted by Crippen LogP contribution is 2.28. The summed E-state index contributed by atoms with van der Waals surface area (Å²) in [7, 11) is 0. The number of nitrogens with one attached hydrogen (secondary N) is 2. The Morgan fingerprint density at radius 1 is 1.19 bits per heavy atom. The molecule has 2 aromatic heterocycles. The number of amides is 2. The molecule has 0 fully saturated rings. The van der Waals surface area contributed by atoms with E-state index in [1.54, 1.807) is 35.7 Å². The van der Waals surface area contributed by atoms with Gasteiger partial charge in [0.05, 0.1) is 13.0 Å². The van der Waals surface area contributed by atoms with Crippen molar-refractivity contribution in [3.05, 3.63) is 57.1 Å². The summed E-state index contributed by atoms with van der Waals surface area (Å²) in [5, 5.41) is 8.50. The second kappa shape index (κ2) is 8.56. The van der Waals surface area contributed by atoms with Gasteiger partial charge in [0.1, 0.15) is 11.5 Å². The Kier molecular flexibility index (Phi) is 6.15. The largest absolute Gasteiger partial charge is 0.458 e. The van der Waals surface area contributed by atoms with E-state index in [-0.39, 0.29) is 18.2 Å². The number of furan rings is 1. The summed E-state index contributed by atoms with van der Waals surface area (Å²) in [4.78, 5) is 27.6. The molecular formula is C18H15Cl2N3O3S. The number of carbonyl (C=O) groups is 2. The molecule has 6 nitrogen and oxygen atoms in total. The molecule has 0 aliphatic heterocycles. The zero-order valence-corrected chi connectivity index (χ0v) is 16.5. The van der Waals surface area contributed by atoms with Crippen LogP contribution in [0, 0.1) is 0 Å². The van der Waals surface area contributed by atoms with Gasteiger partial charge in [-0.2, -0.15) is 0 Å². The molecule has 9 heteroatoms. The summed E-state index contributed by atoms with van der Waals surface area (Å²) >= 11 is 13.5. The monoisotopic (exact) mass is 423 g/mol. The molecule has 3 rings (SSSR count). The Morgan fingerprint density at radius 3 is 2.63 bits per heavy atom. The number of rotatable bonds is 6. The predicted octanol–water partition coefficient (Wildman–Crippen LogP) is 4.53. The number of carbonyl (C=O) groups excluding carboxylic acids is 2. The van der Waals surface area contributed by atoms with Crippen molar-refractivity contribution in [2.45, 2.75) is 19.9 Å². The van der Waals surface area contributed by atoms with Crippen molar-refractivity contribution in [2.24, 2.45) is 0 Å². The van der Waals surface area contributed by atoms with Gasteiger partial charge in [0.25, 0.3) is 0 Å². The van der Waals surface area contributed by atoms with Gasteiger partial charge < -0.3 is 15.1 Å². The summed E-state index contributed by atoms with van der Waals surface area (Å²) in [6.07, 6.45) is 0.0506. The van der Waals surface area contributed by atoms with Crippen LogP contribution in [-0.4, -0.2) is 16.8 Å². The molecule has 0 atom stereocenters. The van der Waals surface area contributed by atoms with Gasteiger partial charge in [-0.05, 0) is 29.8 Å². The van der Waals surface area contributed by atoms with Crippen LogP contribution in [0.25, 0.3) is 11.5 Å². The number of halogens is 2. The van der Waals surface area contributed by atoms with Gasteiger partial charge in [0.15, 0.2) is 10.9 Å². The van der Waals surface area contributed by atoms with Crippen LogP contribution in [0.4, 0.5) is 5.13 Å². The Balaban J connectivity index is 1.64. The normalized spacial score (nSPS) is 10.6. The number of aromatic nitrogens is 1. The maximum Gasteiger partial charge on any atom is 0.230 e. The van der Waals surface area contributed by atoms with E-state index in [1.807, 2.05) is 0 Å². The van der Waals surface area contributed by atoms with Crippen LogP contribution in [0.5, 0.6) is 0 Å². The van der Waals surface area contributed by atoms with Crippen molar-refractivity contribution in [3.8, 4) is 11.5 Å². The molecule has 0 radical (unpaired) electrons. The third-order valence-corrected chi connectivity index (χ3v) is 5.04. The van der Waals surface area contributed by atoms with E-state index in [0.29, 0.717) is 44.5 Å². The SMILES string of the molecule is CC(=O)NCc1ccc(-c2csc(NC(=O)Cc3c(Cl)cccc3Cl)n2)o1. The van der Waals surface area contributed by atoms with Gasteiger partial charge >= 0.3 is 0 Å². The molecule has 0 spiro atoms. The first-order valence-corrected chi connectivity index (χ1v) is 9.57. The highest BCUT2D eigenvalue weighted by Gasteiger charge is 2.14. The van der Waals surface area contributed by atoms with Crippen molar-refractivity contribution in [1.82, 2.24) is 10.3 Å². The number of benzene rings is 1. The lowest BCUT2D eigenvalue weighted by Crippen LogP contribution is -2.18. The van der Waals surface area contributed by atoms with Crippen LogP contribution in [0.1, 0.15) is 18.2 Å². The predicted molar refractivity (Wildman–Crippen MR) is 106 cm³/mol. The first-order valence-electron chi connectivity index (χ1n) is 7.94. The first-order chi connectivity index (χ1) is 12.9. The summed E-state index contributed by atoms with van der Waals surface area (Å²) < 4.78 is 5.65. The molecule has 0 bridgehead atoms. The maximum absolute atomic E-state index is 12.3. The second-order valence-corrected chi connectivity index (χ2v) is 7.31. The molecule has 0 saturated heterocycles. The van der Waals surface area contributed by atoms with E-state index in [9.17, 15) is 9.59 Å². The molecule has 2 heterocycles. The van der Waals surface area contributed by atoms with Gasteiger partial charge in [-0.15, -0.1) is 11.3 Å². The van der Waals surface area contributed by atoms with Crippen molar-refractivity contribution in [3.63, 3.8) is 0 Å². The van der Waals surface area contributed by atoms with Crippen molar-refractivity contribution in [2.75, 3.05) is 5.32 Å². The highest BCUT2D eigenvalue weighted by molar-refractivity contribution is 7.14. The van der Waals surface area contributed by atoms with E-state index in [4.69, 9.17) is 27.6 Å². The van der Waals surface area contributed by atoms with E-state index in [0.717, 1.165) is 0 Å². The number of nitrogens with zero attached hydrogens (tertiary/aromatic N) is 1. The minimum atomic E-state index is -0.267. The standard InChI is InChI=1S/C18H15Cl2N3O3S/c1-10(24)21-8-11-5-6-16(26-11)15-9-27-18(22-15)23-17(25)7-12-13(19)3-2-4-14(12)20/h2-6,9H,7-8H2,1H3,(H,21,24)(H,22,23,25). The van der Waals surface area contributed by atoms with Crippen LogP contribution in [-0.2, 0) is 22.6 Å². The summed E-state index contributed by atoms with van der Waals surface area (Å²) in [5.41, 5.74) is 1.17. The van der Waals surface area contributed by atoms with Crippen LogP contribution < -0.4 is 10.6 Å². The molecule has 0 aliphatic rings. The van der Waals surface area contributed by atoms with Gasteiger partial charge in [-0.1, -0.05) is 29.3 Å². The zero-order valence-electron chi connectivity index (χ0n) is 14.2. The Labute approximate surface area is 169 Å². The maximum atomic E-state index is 12.3. The third-order valence-electron chi connectivity index (χ3n) is 3.58. The molecule has 27 heavy (non-hydrogen) atoms. The smallest absolute Gasteiger partial charge is 0.230 e. The lowest BCUT2D eigenvalue weighted by Gasteiger charge is -2.06. The van der Waals surface area contributed by atoms with Crippen LogP contribution in [0.3, 0.4) is 0 Å². The van der Waals surface area contributed by atoms with Crippen LogP contribution in [0.2, 0.25) is 10.0 Å². The first kappa shape index (κ1) is 19.4. The number of hydrogen-bond donors (Lipinski definition) is 2. The topological polar surface area (TPSA) is 84.2 Å². The number of hydrogen-bond acceptors (Lipinski definition) is 5. The molecule has 1 aromatic carbocycles.